The first-order chi connectivity index (χ1) is 13.4. The van der Waals surface area contributed by atoms with Gasteiger partial charge < -0.3 is 4.74 Å². The highest BCUT2D eigenvalue weighted by Gasteiger charge is 2.29. The topological polar surface area (TPSA) is 71.5 Å². The van der Waals surface area contributed by atoms with E-state index in [1.165, 1.54) is 6.26 Å². The van der Waals surface area contributed by atoms with Gasteiger partial charge in [0.25, 0.3) is 0 Å². The van der Waals surface area contributed by atoms with Crippen LogP contribution in [0.3, 0.4) is 0 Å². The van der Waals surface area contributed by atoms with Crippen LogP contribution in [0.25, 0.3) is 0 Å². The molecule has 0 radical (unpaired) electrons. The highest BCUT2D eigenvalue weighted by Crippen LogP contribution is 2.26. The van der Waals surface area contributed by atoms with Crippen LogP contribution in [0, 0.1) is 5.92 Å². The Hall–Kier alpha value is -1.96. The molecule has 0 saturated carbocycles. The summed E-state index contributed by atoms with van der Waals surface area (Å²) in [4.78, 5) is 6.65. The van der Waals surface area contributed by atoms with Crippen molar-refractivity contribution in [2.45, 2.75) is 31.8 Å². The van der Waals surface area contributed by atoms with Gasteiger partial charge in [-0.05, 0) is 49.9 Å². The Kier molecular flexibility index (Phi) is 7.04. The van der Waals surface area contributed by atoms with Crippen molar-refractivity contribution in [3.8, 4) is 5.88 Å². The minimum atomic E-state index is -3.25. The van der Waals surface area contributed by atoms with E-state index in [2.05, 4.69) is 26.7 Å². The lowest BCUT2D eigenvalue weighted by Crippen LogP contribution is -2.46. The molecule has 1 aromatic carbocycles. The van der Waals surface area contributed by atoms with Gasteiger partial charge in [-0.2, -0.15) is 0 Å². The van der Waals surface area contributed by atoms with E-state index in [0.717, 1.165) is 50.0 Å². The zero-order valence-electron chi connectivity index (χ0n) is 16.5. The van der Waals surface area contributed by atoms with Gasteiger partial charge in [0.2, 0.25) is 15.9 Å². The van der Waals surface area contributed by atoms with Crippen molar-refractivity contribution in [2.24, 2.45) is 5.92 Å². The number of sulfonamides is 1. The minimum absolute atomic E-state index is 0.0764. The normalized spacial score (nSPS) is 17.4. The summed E-state index contributed by atoms with van der Waals surface area (Å²) in [6.45, 7) is 2.66. The van der Waals surface area contributed by atoms with Crippen LogP contribution in [0.2, 0.25) is 0 Å². The van der Waals surface area contributed by atoms with E-state index < -0.39 is 10.0 Å². The number of nitrogens with one attached hydrogen (secondary N) is 1. The number of ether oxygens (including phenoxy) is 1. The molecule has 152 valence electrons. The van der Waals surface area contributed by atoms with Gasteiger partial charge in [-0.1, -0.05) is 36.4 Å². The fourth-order valence-electron chi connectivity index (χ4n) is 3.93. The molecule has 6 nitrogen and oxygen atoms in total. The third-order valence-corrected chi connectivity index (χ3v) is 6.03. The predicted octanol–water partition coefficient (Wildman–Crippen LogP) is 2.46. The molecule has 7 heteroatoms. The molecule has 0 amide bonds. The third-order valence-electron chi connectivity index (χ3n) is 5.30. The highest BCUT2D eigenvalue weighted by molar-refractivity contribution is 7.88. The summed E-state index contributed by atoms with van der Waals surface area (Å²) in [5.74, 6) is 0.993. The van der Waals surface area contributed by atoms with Gasteiger partial charge in [0.15, 0.2) is 0 Å². The molecule has 1 N–H and O–H groups in total. The summed E-state index contributed by atoms with van der Waals surface area (Å²) in [6, 6.07) is 14.0. The zero-order valence-corrected chi connectivity index (χ0v) is 17.4. The second-order valence-corrected chi connectivity index (χ2v) is 9.25. The van der Waals surface area contributed by atoms with E-state index in [1.807, 2.05) is 30.3 Å². The molecule has 0 aliphatic carbocycles. The summed E-state index contributed by atoms with van der Waals surface area (Å²) >= 11 is 0. The third kappa shape index (κ3) is 6.02. The molecule has 1 aliphatic rings. The van der Waals surface area contributed by atoms with Crippen LogP contribution < -0.4 is 9.46 Å². The van der Waals surface area contributed by atoms with E-state index in [9.17, 15) is 8.42 Å². The maximum Gasteiger partial charge on any atom is 0.217 e. The number of methoxy groups -OCH3 is 1. The molecule has 1 aliphatic heterocycles. The SMILES string of the molecule is COc1ncccc1CN1CCC(C(Cc2ccccc2)NS(C)(=O)=O)CC1. The summed E-state index contributed by atoms with van der Waals surface area (Å²) in [6.07, 6.45) is 5.62. The first-order valence-electron chi connectivity index (χ1n) is 9.66. The summed E-state index contributed by atoms with van der Waals surface area (Å²) in [5, 5.41) is 0. The van der Waals surface area contributed by atoms with E-state index in [0.29, 0.717) is 11.8 Å². The van der Waals surface area contributed by atoms with E-state index in [4.69, 9.17) is 4.74 Å². The van der Waals surface area contributed by atoms with Crippen molar-refractivity contribution in [2.75, 3.05) is 26.5 Å². The number of benzene rings is 1. The lowest BCUT2D eigenvalue weighted by Gasteiger charge is -2.36. The first kappa shape index (κ1) is 20.8. The second kappa shape index (κ2) is 9.49. The number of hydrogen-bond donors (Lipinski definition) is 1. The van der Waals surface area contributed by atoms with Gasteiger partial charge in [0.05, 0.1) is 13.4 Å². The molecule has 1 unspecified atom stereocenters. The molecular weight excluding hydrogens is 374 g/mol. The number of aromatic nitrogens is 1. The van der Waals surface area contributed by atoms with Crippen LogP contribution in [0.5, 0.6) is 5.88 Å². The largest absolute Gasteiger partial charge is 0.481 e. The van der Waals surface area contributed by atoms with Gasteiger partial charge in [-0.3, -0.25) is 4.90 Å². The van der Waals surface area contributed by atoms with Crippen molar-refractivity contribution >= 4 is 10.0 Å². The fourth-order valence-corrected chi connectivity index (χ4v) is 4.76. The van der Waals surface area contributed by atoms with Crippen molar-refractivity contribution in [3.63, 3.8) is 0 Å². The van der Waals surface area contributed by atoms with Crippen molar-refractivity contribution in [3.05, 3.63) is 59.8 Å². The first-order valence-corrected chi connectivity index (χ1v) is 11.5. The molecule has 2 heterocycles. The van der Waals surface area contributed by atoms with Gasteiger partial charge in [0, 0.05) is 24.3 Å². The molecule has 1 saturated heterocycles. The Labute approximate surface area is 168 Å². The molecule has 1 fully saturated rings. The molecule has 28 heavy (non-hydrogen) atoms. The number of hydrogen-bond acceptors (Lipinski definition) is 5. The quantitative estimate of drug-likeness (QED) is 0.733. The number of likely N-dealkylation sites (tertiary alicyclic amines) is 1. The maximum absolute atomic E-state index is 11.9. The van der Waals surface area contributed by atoms with E-state index in [-0.39, 0.29) is 6.04 Å². The van der Waals surface area contributed by atoms with Crippen molar-refractivity contribution in [1.29, 1.82) is 0 Å². The fraction of sp³-hybridized carbons (Fsp3) is 0.476. The van der Waals surface area contributed by atoms with Crippen LogP contribution in [0.15, 0.2) is 48.7 Å². The monoisotopic (exact) mass is 403 g/mol. The molecule has 2 aromatic rings. The summed E-state index contributed by atoms with van der Waals surface area (Å²) in [7, 11) is -1.61. The number of nitrogens with zero attached hydrogens (tertiary/aromatic N) is 2. The molecular formula is C21H29N3O3S. The molecule has 1 atom stereocenters. The van der Waals surface area contributed by atoms with Crippen LogP contribution in [-0.2, 0) is 23.0 Å². The Bertz CT molecular complexity index is 850. The Morgan fingerprint density at radius 1 is 1.18 bits per heavy atom. The maximum atomic E-state index is 11.9. The minimum Gasteiger partial charge on any atom is -0.481 e. The highest BCUT2D eigenvalue weighted by atomic mass is 32.2. The van der Waals surface area contributed by atoms with Crippen LogP contribution >= 0.6 is 0 Å². The van der Waals surface area contributed by atoms with Gasteiger partial charge in [0.1, 0.15) is 0 Å². The Morgan fingerprint density at radius 3 is 2.54 bits per heavy atom. The molecule has 0 spiro atoms. The van der Waals surface area contributed by atoms with Gasteiger partial charge in [-0.15, -0.1) is 0 Å². The Balaban J connectivity index is 1.62. The average molecular weight is 404 g/mol. The summed E-state index contributed by atoms with van der Waals surface area (Å²) < 4.78 is 32.1. The lowest BCUT2D eigenvalue weighted by molar-refractivity contribution is 0.156. The van der Waals surface area contributed by atoms with Crippen LogP contribution in [0.1, 0.15) is 24.0 Å². The van der Waals surface area contributed by atoms with E-state index >= 15 is 0 Å². The zero-order chi connectivity index (χ0) is 20.0. The lowest BCUT2D eigenvalue weighted by atomic mass is 9.86. The van der Waals surface area contributed by atoms with Crippen molar-refractivity contribution < 1.29 is 13.2 Å². The number of pyridine rings is 1. The Morgan fingerprint density at radius 2 is 1.89 bits per heavy atom. The smallest absolute Gasteiger partial charge is 0.217 e. The summed E-state index contributed by atoms with van der Waals surface area (Å²) in [5.41, 5.74) is 2.24. The number of rotatable bonds is 8. The standard InChI is InChI=1S/C21H29N3O3S/c1-27-21-19(9-6-12-22-21)16-24-13-10-18(11-14-24)20(23-28(2,25)26)15-17-7-4-3-5-8-17/h3-9,12,18,20,23H,10-11,13-16H2,1-2H3. The molecule has 1 aromatic heterocycles. The predicted molar refractivity (Wildman–Crippen MR) is 111 cm³/mol. The van der Waals surface area contributed by atoms with Gasteiger partial charge >= 0.3 is 0 Å². The van der Waals surface area contributed by atoms with Gasteiger partial charge in [-0.25, -0.2) is 18.1 Å². The van der Waals surface area contributed by atoms with E-state index in [1.54, 1.807) is 13.3 Å². The second-order valence-electron chi connectivity index (χ2n) is 7.47. The van der Waals surface area contributed by atoms with Crippen molar-refractivity contribution in [1.82, 2.24) is 14.6 Å². The van der Waals surface area contributed by atoms with Crippen LogP contribution in [-0.4, -0.2) is 50.8 Å². The molecule has 0 bridgehead atoms. The average Bonchev–Trinajstić information content (AvgIpc) is 2.68. The number of piperidine rings is 1. The van der Waals surface area contributed by atoms with Crippen LogP contribution in [0.4, 0.5) is 0 Å². The molecule has 3 rings (SSSR count).